The Morgan fingerprint density at radius 1 is 0.935 bits per heavy atom. The number of benzene rings is 2. The third-order valence-corrected chi connectivity index (χ3v) is 4.35. The molecule has 0 unspecified atom stereocenters. The van der Waals surface area contributed by atoms with E-state index >= 15 is 0 Å². The van der Waals surface area contributed by atoms with Gasteiger partial charge in [-0.05, 0) is 12.1 Å². The SMILES string of the molecule is COc1cc(C(=O)NNC(=O)c2ccc3ccccc3n2)c([N+](=O)[O-])c(OC)c1OC. The van der Waals surface area contributed by atoms with E-state index in [9.17, 15) is 19.7 Å². The maximum absolute atomic E-state index is 12.7. The number of ether oxygens (including phenoxy) is 3. The number of nitrogens with zero attached hydrogens (tertiary/aromatic N) is 2. The van der Waals surface area contributed by atoms with Gasteiger partial charge < -0.3 is 14.2 Å². The topological polar surface area (TPSA) is 142 Å². The van der Waals surface area contributed by atoms with Crippen molar-refractivity contribution in [1.82, 2.24) is 15.8 Å². The van der Waals surface area contributed by atoms with Crippen molar-refractivity contribution in [1.29, 1.82) is 0 Å². The number of carbonyl (C=O) groups is 2. The number of rotatable bonds is 6. The molecule has 11 heteroatoms. The van der Waals surface area contributed by atoms with E-state index in [0.29, 0.717) is 5.52 Å². The number of fused-ring (bicyclic) bond motifs is 1. The molecule has 0 spiro atoms. The molecule has 0 aliphatic carbocycles. The monoisotopic (exact) mass is 426 g/mol. The maximum Gasteiger partial charge on any atom is 0.327 e. The summed E-state index contributed by atoms with van der Waals surface area (Å²) in [6.45, 7) is 0. The van der Waals surface area contributed by atoms with Crippen LogP contribution in [0.1, 0.15) is 20.8 Å². The Morgan fingerprint density at radius 3 is 2.26 bits per heavy atom. The lowest BCUT2D eigenvalue weighted by Crippen LogP contribution is -2.42. The van der Waals surface area contributed by atoms with Crippen LogP contribution in [0.4, 0.5) is 5.69 Å². The van der Waals surface area contributed by atoms with Crippen molar-refractivity contribution >= 4 is 28.4 Å². The zero-order chi connectivity index (χ0) is 22.5. The summed E-state index contributed by atoms with van der Waals surface area (Å²) in [6.07, 6.45) is 0. The van der Waals surface area contributed by atoms with Gasteiger partial charge in [0.2, 0.25) is 11.5 Å². The van der Waals surface area contributed by atoms with Gasteiger partial charge in [0.25, 0.3) is 11.8 Å². The number of amides is 2. The first kappa shape index (κ1) is 21.3. The highest BCUT2D eigenvalue weighted by Crippen LogP contribution is 2.46. The van der Waals surface area contributed by atoms with Crippen molar-refractivity contribution in [2.24, 2.45) is 0 Å². The highest BCUT2D eigenvalue weighted by Gasteiger charge is 2.32. The minimum atomic E-state index is -0.958. The van der Waals surface area contributed by atoms with Crippen molar-refractivity contribution in [3.8, 4) is 17.2 Å². The number of carbonyl (C=O) groups excluding carboxylic acids is 2. The third-order valence-electron chi connectivity index (χ3n) is 4.35. The number of nitro groups is 1. The van der Waals surface area contributed by atoms with Gasteiger partial charge >= 0.3 is 5.69 Å². The van der Waals surface area contributed by atoms with E-state index in [0.717, 1.165) is 11.5 Å². The highest BCUT2D eigenvalue weighted by atomic mass is 16.6. The van der Waals surface area contributed by atoms with Crippen LogP contribution in [-0.4, -0.2) is 43.1 Å². The molecular formula is C20H18N4O7. The van der Waals surface area contributed by atoms with E-state index in [4.69, 9.17) is 14.2 Å². The second kappa shape index (κ2) is 8.95. The summed E-state index contributed by atoms with van der Waals surface area (Å²) in [5.41, 5.74) is 3.95. The molecule has 2 aromatic carbocycles. The molecule has 0 saturated heterocycles. The zero-order valence-corrected chi connectivity index (χ0v) is 16.8. The van der Waals surface area contributed by atoms with Gasteiger partial charge in [-0.2, -0.15) is 0 Å². The number of hydrogen-bond donors (Lipinski definition) is 2. The van der Waals surface area contributed by atoms with Crippen LogP contribution in [0.5, 0.6) is 17.2 Å². The molecule has 11 nitrogen and oxygen atoms in total. The minimum Gasteiger partial charge on any atom is -0.493 e. The number of nitro benzene ring substituents is 1. The molecular weight excluding hydrogens is 408 g/mol. The highest BCUT2D eigenvalue weighted by molar-refractivity contribution is 6.03. The number of hydrogen-bond acceptors (Lipinski definition) is 8. The van der Waals surface area contributed by atoms with Crippen LogP contribution in [0, 0.1) is 10.1 Å². The van der Waals surface area contributed by atoms with Crippen LogP contribution in [0.3, 0.4) is 0 Å². The van der Waals surface area contributed by atoms with Crippen molar-refractivity contribution in [2.75, 3.05) is 21.3 Å². The molecule has 0 bridgehead atoms. The summed E-state index contributed by atoms with van der Waals surface area (Å²) in [4.78, 5) is 40.1. The van der Waals surface area contributed by atoms with Crippen molar-refractivity contribution in [2.45, 2.75) is 0 Å². The third kappa shape index (κ3) is 4.15. The van der Waals surface area contributed by atoms with Gasteiger partial charge in [-0.25, -0.2) is 4.98 Å². The number of hydrazine groups is 1. The molecule has 0 radical (unpaired) electrons. The quantitative estimate of drug-likeness (QED) is 0.451. The summed E-state index contributed by atoms with van der Waals surface area (Å²) in [7, 11) is 3.78. The Kier molecular flexibility index (Phi) is 6.15. The second-order valence-corrected chi connectivity index (χ2v) is 6.10. The van der Waals surface area contributed by atoms with Gasteiger partial charge in [-0.3, -0.25) is 30.6 Å². The summed E-state index contributed by atoms with van der Waals surface area (Å²) in [5, 5.41) is 12.5. The molecule has 0 aliphatic heterocycles. The molecule has 3 rings (SSSR count). The first-order valence-corrected chi connectivity index (χ1v) is 8.85. The van der Waals surface area contributed by atoms with Gasteiger partial charge in [0.05, 0.1) is 31.8 Å². The molecule has 3 aromatic rings. The average Bonchev–Trinajstić information content (AvgIpc) is 2.80. The summed E-state index contributed by atoms with van der Waals surface area (Å²) in [5.74, 6) is -1.95. The van der Waals surface area contributed by atoms with Gasteiger partial charge in [-0.1, -0.05) is 24.3 Å². The summed E-state index contributed by atoms with van der Waals surface area (Å²) >= 11 is 0. The van der Waals surface area contributed by atoms with E-state index in [1.165, 1.54) is 27.4 Å². The zero-order valence-electron chi connectivity index (χ0n) is 16.8. The number of para-hydroxylation sites is 1. The van der Waals surface area contributed by atoms with Crippen LogP contribution in [0.25, 0.3) is 10.9 Å². The molecule has 2 N–H and O–H groups in total. The fraction of sp³-hybridized carbons (Fsp3) is 0.150. The number of pyridine rings is 1. The van der Waals surface area contributed by atoms with Gasteiger partial charge in [0, 0.05) is 11.5 Å². The van der Waals surface area contributed by atoms with Crippen LogP contribution >= 0.6 is 0 Å². The van der Waals surface area contributed by atoms with E-state index in [1.54, 1.807) is 18.2 Å². The van der Waals surface area contributed by atoms with Crippen LogP contribution in [0.2, 0.25) is 0 Å². The lowest BCUT2D eigenvalue weighted by Gasteiger charge is -2.15. The molecule has 160 valence electrons. The largest absolute Gasteiger partial charge is 0.493 e. The smallest absolute Gasteiger partial charge is 0.327 e. The van der Waals surface area contributed by atoms with Gasteiger partial charge in [0.1, 0.15) is 11.3 Å². The average molecular weight is 426 g/mol. The first-order valence-electron chi connectivity index (χ1n) is 8.85. The number of methoxy groups -OCH3 is 3. The van der Waals surface area contributed by atoms with Crippen molar-refractivity contribution in [3.63, 3.8) is 0 Å². The number of aromatic nitrogens is 1. The maximum atomic E-state index is 12.7. The fourth-order valence-electron chi connectivity index (χ4n) is 2.93. The van der Waals surface area contributed by atoms with Crippen LogP contribution < -0.4 is 25.1 Å². The van der Waals surface area contributed by atoms with E-state index in [1.807, 2.05) is 12.1 Å². The van der Waals surface area contributed by atoms with Crippen molar-refractivity contribution in [3.05, 3.63) is 63.8 Å². The predicted octanol–water partition coefficient (Wildman–Crippen LogP) is 2.24. The fourth-order valence-corrected chi connectivity index (χ4v) is 2.93. The van der Waals surface area contributed by atoms with E-state index in [2.05, 4.69) is 15.8 Å². The molecule has 0 aliphatic rings. The Balaban J connectivity index is 1.88. The lowest BCUT2D eigenvalue weighted by molar-refractivity contribution is -0.386. The molecule has 2 amide bonds. The molecule has 0 saturated carbocycles. The lowest BCUT2D eigenvalue weighted by atomic mass is 10.1. The Morgan fingerprint density at radius 2 is 1.61 bits per heavy atom. The molecule has 1 heterocycles. The summed E-state index contributed by atoms with van der Waals surface area (Å²) < 4.78 is 15.3. The van der Waals surface area contributed by atoms with E-state index in [-0.39, 0.29) is 22.9 Å². The molecule has 31 heavy (non-hydrogen) atoms. The van der Waals surface area contributed by atoms with Crippen LogP contribution in [-0.2, 0) is 0 Å². The summed E-state index contributed by atoms with van der Waals surface area (Å²) in [6, 6.07) is 11.5. The predicted molar refractivity (Wildman–Crippen MR) is 109 cm³/mol. The molecule has 0 atom stereocenters. The van der Waals surface area contributed by atoms with Crippen LogP contribution in [0.15, 0.2) is 42.5 Å². The standard InChI is InChI=1S/C20H18N4O7/c1-29-15-10-12(16(24(27)28)18(31-3)17(15)30-2)19(25)22-23-20(26)14-9-8-11-6-4-5-7-13(11)21-14/h4-10H,1-3H3,(H,22,25)(H,23,26). The van der Waals surface area contributed by atoms with E-state index < -0.39 is 28.0 Å². The van der Waals surface area contributed by atoms with Gasteiger partial charge in [-0.15, -0.1) is 0 Å². The van der Waals surface area contributed by atoms with Crippen molar-refractivity contribution < 1.29 is 28.7 Å². The van der Waals surface area contributed by atoms with Gasteiger partial charge in [0.15, 0.2) is 5.75 Å². The first-order chi connectivity index (χ1) is 14.9. The molecule has 1 aromatic heterocycles. The Bertz CT molecular complexity index is 1180. The Hall–Kier alpha value is -4.41. The Labute approximate surface area is 176 Å². The normalized spacial score (nSPS) is 10.3. The second-order valence-electron chi connectivity index (χ2n) is 6.10. The molecule has 0 fully saturated rings. The minimum absolute atomic E-state index is 0.0395. The number of nitrogens with one attached hydrogen (secondary N) is 2.